The number of nitroso groups, excluding NO2 is 2. The van der Waals surface area contributed by atoms with Crippen molar-refractivity contribution in [2.45, 2.75) is 50.4 Å². The van der Waals surface area contributed by atoms with E-state index in [0.717, 1.165) is 64.9 Å². The summed E-state index contributed by atoms with van der Waals surface area (Å²) < 4.78 is 7.42. The van der Waals surface area contributed by atoms with E-state index in [1.165, 1.54) is 4.87 Å². The molecule has 242 valence electrons. The van der Waals surface area contributed by atoms with E-state index in [-0.39, 0.29) is 18.0 Å². The molecular weight excluding hydrogens is 594 g/mol. The molecule has 1 unspecified atom stereocenters. The van der Waals surface area contributed by atoms with Gasteiger partial charge in [0.1, 0.15) is 17.2 Å². The predicted octanol–water partition coefficient (Wildman–Crippen LogP) is 5.15. The molecule has 0 radical (unpaired) electrons. The number of nitrogens with one attached hydrogen (secondary N) is 1. The Balaban J connectivity index is 1.04. The average molecular weight is 636 g/mol. The van der Waals surface area contributed by atoms with Gasteiger partial charge < -0.3 is 14.5 Å². The Labute approximate surface area is 274 Å². The Morgan fingerprint density at radius 2 is 1.77 bits per heavy atom. The van der Waals surface area contributed by atoms with Crippen LogP contribution < -0.4 is 9.64 Å². The second kappa shape index (κ2) is 13.7. The summed E-state index contributed by atoms with van der Waals surface area (Å²) in [6, 6.07) is 25.8. The van der Waals surface area contributed by atoms with Crippen LogP contribution in [0.15, 0.2) is 91.3 Å². The molecule has 1 aliphatic carbocycles. The Morgan fingerprint density at radius 3 is 2.49 bits per heavy atom. The topological polar surface area (TPSA) is 105 Å². The first kappa shape index (κ1) is 30.6. The van der Waals surface area contributed by atoms with Crippen molar-refractivity contribution in [2.24, 2.45) is 0 Å². The summed E-state index contributed by atoms with van der Waals surface area (Å²) in [5.41, 5.74) is 4.98. The van der Waals surface area contributed by atoms with E-state index in [1.807, 2.05) is 72.0 Å². The van der Waals surface area contributed by atoms with Gasteiger partial charge in [-0.2, -0.15) is 5.10 Å². The van der Waals surface area contributed by atoms with Gasteiger partial charge in [0.25, 0.3) is 11.9 Å². The summed E-state index contributed by atoms with van der Waals surface area (Å²) in [6.45, 7) is 3.38. The van der Waals surface area contributed by atoms with Gasteiger partial charge in [-0.15, -0.1) is 5.01 Å². The molecule has 1 saturated carbocycles. The number of anilines is 1. The van der Waals surface area contributed by atoms with Crippen LogP contribution in [-0.4, -0.2) is 87.0 Å². The minimum absolute atomic E-state index is 0.147. The standard InChI is InChI=1S/C36H41N7O4/c44-36(39-18-20-41(45)21-19-39)35(29-6-2-1-3-7-29)47-34-10-4-8-32(22-34)40-17-5-9-33(26-40)43(46)42(31-15-16-31)25-27-11-13-28(14-12-27)30-23-37-38-24-30/h1-4,6-8,10-14,22-24,31,33,35H,5,9,15-21,25-26H2,(H,37,38)/q+2/t33-,35?/m1/s1. The molecule has 3 aliphatic rings. The summed E-state index contributed by atoms with van der Waals surface area (Å²) in [5, 5.41) is 8.92. The van der Waals surface area contributed by atoms with Crippen LogP contribution in [0.2, 0.25) is 0 Å². The van der Waals surface area contributed by atoms with Gasteiger partial charge in [0.2, 0.25) is 19.2 Å². The third-order valence-electron chi connectivity index (χ3n) is 9.37. The van der Waals surface area contributed by atoms with Crippen LogP contribution >= 0.6 is 0 Å². The zero-order valence-corrected chi connectivity index (χ0v) is 26.5. The Hall–Kier alpha value is -5.06. The van der Waals surface area contributed by atoms with E-state index in [2.05, 4.69) is 39.4 Å². The molecule has 3 heterocycles. The first-order chi connectivity index (χ1) is 23.0. The summed E-state index contributed by atoms with van der Waals surface area (Å²) >= 11 is 0. The molecule has 2 atom stereocenters. The number of carbonyl (C=O) groups excluding carboxylic acids is 1. The number of benzene rings is 3. The van der Waals surface area contributed by atoms with E-state index < -0.39 is 6.10 Å². The molecule has 3 fully saturated rings. The lowest BCUT2D eigenvalue weighted by molar-refractivity contribution is -0.740. The fourth-order valence-electron chi connectivity index (χ4n) is 6.56. The lowest BCUT2D eigenvalue weighted by Gasteiger charge is -2.32. The van der Waals surface area contributed by atoms with E-state index >= 15 is 0 Å². The van der Waals surface area contributed by atoms with E-state index in [1.54, 1.807) is 4.90 Å². The van der Waals surface area contributed by atoms with Gasteiger partial charge in [0.05, 0.1) is 36.8 Å². The molecule has 47 heavy (non-hydrogen) atoms. The van der Waals surface area contributed by atoms with Crippen molar-refractivity contribution >= 4 is 11.6 Å². The molecule has 11 heteroatoms. The quantitative estimate of drug-likeness (QED) is 0.180. The number of rotatable bonds is 11. The molecule has 3 aromatic carbocycles. The average Bonchev–Trinajstić information content (AvgIpc) is 3.82. The zero-order valence-electron chi connectivity index (χ0n) is 26.5. The number of hydrogen-bond acceptors (Lipinski definition) is 6. The lowest BCUT2D eigenvalue weighted by Crippen LogP contribution is -2.49. The molecule has 0 bridgehead atoms. The van der Waals surface area contributed by atoms with Gasteiger partial charge in [-0.25, -0.2) is 0 Å². The minimum Gasteiger partial charge on any atom is -0.476 e. The van der Waals surface area contributed by atoms with Crippen molar-refractivity contribution in [1.82, 2.24) is 20.1 Å². The maximum atomic E-state index is 13.9. The number of ether oxygens (including phenoxy) is 1. The molecule has 7 rings (SSSR count). The monoisotopic (exact) mass is 635 g/mol. The summed E-state index contributed by atoms with van der Waals surface area (Å²) in [7, 11) is 0. The molecule has 1 aromatic heterocycles. The smallest absolute Gasteiger partial charge is 0.268 e. The zero-order chi connectivity index (χ0) is 32.2. The third kappa shape index (κ3) is 7.19. The van der Waals surface area contributed by atoms with Gasteiger partial charge in [0, 0.05) is 51.7 Å². The second-order valence-corrected chi connectivity index (χ2v) is 12.7. The Bertz CT molecular complexity index is 1680. The van der Waals surface area contributed by atoms with Crippen LogP contribution in [0.3, 0.4) is 0 Å². The molecule has 2 aliphatic heterocycles. The lowest BCUT2D eigenvalue weighted by atomic mass is 10.0. The fraction of sp³-hybridized carbons (Fsp3) is 0.389. The highest BCUT2D eigenvalue weighted by atomic mass is 16.5. The van der Waals surface area contributed by atoms with Crippen molar-refractivity contribution in [3.05, 3.63) is 112 Å². The van der Waals surface area contributed by atoms with Crippen molar-refractivity contribution in [2.75, 3.05) is 44.2 Å². The van der Waals surface area contributed by atoms with Crippen LogP contribution in [0.25, 0.3) is 11.1 Å². The van der Waals surface area contributed by atoms with Gasteiger partial charge in [-0.1, -0.05) is 60.7 Å². The number of piperidine rings is 1. The van der Waals surface area contributed by atoms with E-state index in [0.29, 0.717) is 45.0 Å². The first-order valence-corrected chi connectivity index (χ1v) is 16.6. The number of H-pyrrole nitrogens is 1. The number of aromatic nitrogens is 2. The largest absolute Gasteiger partial charge is 0.476 e. The number of hydrazine groups is 1. The van der Waals surface area contributed by atoms with Crippen molar-refractivity contribution in [3.63, 3.8) is 0 Å². The van der Waals surface area contributed by atoms with Gasteiger partial charge in [0.15, 0.2) is 0 Å². The van der Waals surface area contributed by atoms with Gasteiger partial charge in [-0.05, 0) is 42.5 Å². The summed E-state index contributed by atoms with van der Waals surface area (Å²) in [4.78, 5) is 44.6. The van der Waals surface area contributed by atoms with Crippen LogP contribution in [-0.2, 0) is 11.3 Å². The second-order valence-electron chi connectivity index (χ2n) is 12.7. The van der Waals surface area contributed by atoms with Crippen molar-refractivity contribution < 1.29 is 19.2 Å². The SMILES string of the molecule is O=C(C(Oc1cccc(N2CCC[C@@H]([N+](=O)N(Cc3ccc(-c4cn[nH]c4)cc3)C3CC3)C2)c1)c1ccccc1)N1CC[N+](=O)CC1. The third-order valence-corrected chi connectivity index (χ3v) is 9.37. The minimum atomic E-state index is -0.822. The van der Waals surface area contributed by atoms with Crippen LogP contribution in [0, 0.1) is 9.81 Å². The summed E-state index contributed by atoms with van der Waals surface area (Å²) in [6.07, 6.45) is 6.68. The molecular formula is C36H41N7O4+2. The first-order valence-electron chi connectivity index (χ1n) is 16.6. The maximum absolute atomic E-state index is 13.9. The number of carbonyl (C=O) groups is 1. The number of amides is 1. The van der Waals surface area contributed by atoms with Crippen LogP contribution in [0.4, 0.5) is 5.69 Å². The number of piperazine rings is 1. The summed E-state index contributed by atoms with van der Waals surface area (Å²) in [5.74, 6) is 0.442. The molecule has 2 saturated heterocycles. The Morgan fingerprint density at radius 1 is 0.979 bits per heavy atom. The van der Waals surface area contributed by atoms with Gasteiger partial charge in [-0.3, -0.25) is 9.89 Å². The van der Waals surface area contributed by atoms with Crippen LogP contribution in [0.5, 0.6) is 5.75 Å². The van der Waals surface area contributed by atoms with Crippen molar-refractivity contribution in [1.29, 1.82) is 0 Å². The number of nitrogens with zero attached hydrogens (tertiary/aromatic N) is 6. The number of hydrogen-bond donors (Lipinski definition) is 1. The highest BCUT2D eigenvalue weighted by molar-refractivity contribution is 5.83. The molecule has 11 nitrogen and oxygen atoms in total. The number of aromatic amines is 1. The molecule has 4 aromatic rings. The molecule has 1 amide bonds. The molecule has 1 N–H and O–H groups in total. The van der Waals surface area contributed by atoms with Crippen LogP contribution in [0.1, 0.15) is 42.9 Å². The van der Waals surface area contributed by atoms with Gasteiger partial charge >= 0.3 is 0 Å². The van der Waals surface area contributed by atoms with E-state index in [9.17, 15) is 14.6 Å². The highest BCUT2D eigenvalue weighted by Gasteiger charge is 2.43. The Kier molecular flexibility index (Phi) is 8.94. The predicted molar refractivity (Wildman–Crippen MR) is 178 cm³/mol. The molecule has 0 spiro atoms. The normalized spacial score (nSPS) is 18.9. The maximum Gasteiger partial charge on any atom is 0.268 e. The van der Waals surface area contributed by atoms with Crippen molar-refractivity contribution in [3.8, 4) is 16.9 Å². The van der Waals surface area contributed by atoms with E-state index in [4.69, 9.17) is 4.74 Å². The highest BCUT2D eigenvalue weighted by Crippen LogP contribution is 2.33. The fourth-order valence-corrected chi connectivity index (χ4v) is 6.56.